The van der Waals surface area contributed by atoms with E-state index in [9.17, 15) is 4.79 Å². The largest absolute Gasteiger partial charge is 0.370 e. The van der Waals surface area contributed by atoms with Crippen molar-refractivity contribution in [2.24, 2.45) is 0 Å². The van der Waals surface area contributed by atoms with Crippen LogP contribution in [-0.2, 0) is 13.1 Å². The second kappa shape index (κ2) is 6.65. The molecule has 2 heterocycles. The number of hydrogen-bond acceptors (Lipinski definition) is 5. The molecule has 106 valence electrons. The number of nitrogens with zero attached hydrogens (tertiary/aromatic N) is 4. The van der Waals surface area contributed by atoms with Crippen LogP contribution >= 0.6 is 0 Å². The summed E-state index contributed by atoms with van der Waals surface area (Å²) in [7, 11) is 0. The van der Waals surface area contributed by atoms with Gasteiger partial charge in [0.05, 0.1) is 6.54 Å². The van der Waals surface area contributed by atoms with Crippen molar-refractivity contribution in [3.05, 3.63) is 36.0 Å². The number of pyridine rings is 1. The number of aryl methyl sites for hydroxylation is 1. The van der Waals surface area contributed by atoms with Crippen molar-refractivity contribution in [3.8, 4) is 0 Å². The van der Waals surface area contributed by atoms with Gasteiger partial charge in [-0.25, -0.2) is 4.98 Å². The van der Waals surface area contributed by atoms with Crippen LogP contribution in [0.15, 0.2) is 24.5 Å². The van der Waals surface area contributed by atoms with E-state index in [4.69, 9.17) is 0 Å². The summed E-state index contributed by atoms with van der Waals surface area (Å²) in [6.07, 6.45) is 1.64. The molecule has 0 bridgehead atoms. The highest BCUT2D eigenvalue weighted by atomic mass is 16.1. The Bertz CT molecular complexity index is 580. The molecule has 2 N–H and O–H groups in total. The second-order valence-corrected chi connectivity index (χ2v) is 4.15. The maximum absolute atomic E-state index is 12.0. The molecule has 0 spiro atoms. The van der Waals surface area contributed by atoms with Crippen molar-refractivity contribution < 1.29 is 4.79 Å². The number of carbonyl (C=O) groups is 1. The minimum atomic E-state index is -0.226. The zero-order valence-corrected chi connectivity index (χ0v) is 11.6. The van der Waals surface area contributed by atoms with Crippen LogP contribution in [-0.4, -0.2) is 32.2 Å². The van der Waals surface area contributed by atoms with Crippen molar-refractivity contribution >= 4 is 11.7 Å². The molecule has 0 aliphatic rings. The molecule has 7 nitrogen and oxygen atoms in total. The number of amides is 1. The van der Waals surface area contributed by atoms with Crippen molar-refractivity contribution in [1.82, 2.24) is 25.1 Å². The van der Waals surface area contributed by atoms with Crippen LogP contribution < -0.4 is 10.6 Å². The van der Waals surface area contributed by atoms with Gasteiger partial charge in [-0.3, -0.25) is 4.79 Å². The average molecular weight is 274 g/mol. The quantitative estimate of drug-likeness (QED) is 0.822. The Balaban J connectivity index is 1.99. The van der Waals surface area contributed by atoms with Crippen molar-refractivity contribution in [1.29, 1.82) is 0 Å². The topological polar surface area (TPSA) is 84.7 Å². The highest BCUT2D eigenvalue weighted by molar-refractivity contribution is 5.92. The lowest BCUT2D eigenvalue weighted by Gasteiger charge is -2.07. The summed E-state index contributed by atoms with van der Waals surface area (Å²) in [5.74, 6) is 1.19. The molecule has 7 heteroatoms. The number of anilines is 1. The van der Waals surface area contributed by atoms with Gasteiger partial charge >= 0.3 is 0 Å². The normalized spacial score (nSPS) is 10.3. The predicted molar refractivity (Wildman–Crippen MR) is 75.3 cm³/mol. The van der Waals surface area contributed by atoms with Crippen molar-refractivity contribution in [2.75, 3.05) is 11.9 Å². The molecule has 0 saturated carbocycles. The first kappa shape index (κ1) is 14.0. The van der Waals surface area contributed by atoms with E-state index < -0.39 is 0 Å². The molecule has 0 fully saturated rings. The zero-order valence-electron chi connectivity index (χ0n) is 11.6. The summed E-state index contributed by atoms with van der Waals surface area (Å²) in [5.41, 5.74) is 0.381. The number of aromatic nitrogens is 4. The van der Waals surface area contributed by atoms with E-state index in [0.717, 1.165) is 18.9 Å². The van der Waals surface area contributed by atoms with Crippen LogP contribution in [0.25, 0.3) is 0 Å². The molecule has 0 aliphatic carbocycles. The van der Waals surface area contributed by atoms with Gasteiger partial charge in [-0.05, 0) is 26.0 Å². The second-order valence-electron chi connectivity index (χ2n) is 4.15. The van der Waals surface area contributed by atoms with Gasteiger partial charge in [0, 0.05) is 13.1 Å². The van der Waals surface area contributed by atoms with E-state index in [-0.39, 0.29) is 5.91 Å². The van der Waals surface area contributed by atoms with Gasteiger partial charge in [0.1, 0.15) is 17.8 Å². The zero-order chi connectivity index (χ0) is 14.4. The molecule has 20 heavy (non-hydrogen) atoms. The SMILES string of the molecule is CCNc1cccc(C(=O)NCc2nncn2CC)n1. The van der Waals surface area contributed by atoms with Crippen LogP contribution in [0.5, 0.6) is 0 Å². The van der Waals surface area contributed by atoms with Gasteiger partial charge in [-0.15, -0.1) is 10.2 Å². The lowest BCUT2D eigenvalue weighted by atomic mass is 10.3. The lowest BCUT2D eigenvalue weighted by Crippen LogP contribution is -2.25. The van der Waals surface area contributed by atoms with Crippen LogP contribution in [0, 0.1) is 0 Å². The molecule has 0 unspecified atom stereocenters. The highest BCUT2D eigenvalue weighted by Gasteiger charge is 2.09. The lowest BCUT2D eigenvalue weighted by molar-refractivity contribution is 0.0944. The van der Waals surface area contributed by atoms with Gasteiger partial charge < -0.3 is 15.2 Å². The van der Waals surface area contributed by atoms with E-state index in [1.165, 1.54) is 0 Å². The monoisotopic (exact) mass is 274 g/mol. The minimum absolute atomic E-state index is 0.226. The standard InChI is InChI=1S/C13H18N6O/c1-3-14-11-7-5-6-10(17-11)13(20)15-8-12-18-16-9-19(12)4-2/h5-7,9H,3-4,8H2,1-2H3,(H,14,17)(H,15,20). The van der Waals surface area contributed by atoms with Crippen LogP contribution in [0.4, 0.5) is 5.82 Å². The summed E-state index contributed by atoms with van der Waals surface area (Å²) in [4.78, 5) is 16.3. The van der Waals surface area contributed by atoms with Gasteiger partial charge in [0.25, 0.3) is 5.91 Å². The maximum Gasteiger partial charge on any atom is 0.270 e. The molecule has 0 aliphatic heterocycles. The summed E-state index contributed by atoms with van der Waals surface area (Å²) in [6.45, 7) is 5.84. The summed E-state index contributed by atoms with van der Waals surface area (Å²) < 4.78 is 1.88. The Morgan fingerprint density at radius 1 is 1.35 bits per heavy atom. The smallest absolute Gasteiger partial charge is 0.270 e. The van der Waals surface area contributed by atoms with Crippen LogP contribution in [0.1, 0.15) is 30.2 Å². The fraction of sp³-hybridized carbons (Fsp3) is 0.385. The molecule has 0 saturated heterocycles. The molecular weight excluding hydrogens is 256 g/mol. The third-order valence-corrected chi connectivity index (χ3v) is 2.78. The summed E-state index contributed by atoms with van der Waals surface area (Å²) in [6, 6.07) is 5.31. The first-order valence-electron chi connectivity index (χ1n) is 6.60. The van der Waals surface area contributed by atoms with Crippen LogP contribution in [0.3, 0.4) is 0 Å². The van der Waals surface area contributed by atoms with Crippen molar-refractivity contribution in [2.45, 2.75) is 26.9 Å². The Labute approximate surface area is 117 Å². The predicted octanol–water partition coefficient (Wildman–Crippen LogP) is 1.05. The third kappa shape index (κ3) is 3.31. The van der Waals surface area contributed by atoms with Gasteiger partial charge in [0.15, 0.2) is 5.82 Å². The Kier molecular flexibility index (Phi) is 4.65. The molecule has 0 aromatic carbocycles. The van der Waals surface area contributed by atoms with E-state index in [1.54, 1.807) is 18.5 Å². The first-order valence-corrected chi connectivity index (χ1v) is 6.60. The minimum Gasteiger partial charge on any atom is -0.370 e. The van der Waals surface area contributed by atoms with Gasteiger partial charge in [0.2, 0.25) is 0 Å². The average Bonchev–Trinajstić information content (AvgIpc) is 2.93. The van der Waals surface area contributed by atoms with Gasteiger partial charge in [-0.2, -0.15) is 0 Å². The van der Waals surface area contributed by atoms with Gasteiger partial charge in [-0.1, -0.05) is 6.07 Å². The van der Waals surface area contributed by atoms with E-state index in [0.29, 0.717) is 18.1 Å². The first-order chi connectivity index (χ1) is 9.74. The molecular formula is C13H18N6O. The fourth-order valence-electron chi connectivity index (χ4n) is 1.77. The number of carbonyl (C=O) groups excluding carboxylic acids is 1. The molecule has 2 aromatic rings. The maximum atomic E-state index is 12.0. The fourth-order valence-corrected chi connectivity index (χ4v) is 1.77. The Morgan fingerprint density at radius 2 is 2.20 bits per heavy atom. The van der Waals surface area contributed by atoms with E-state index >= 15 is 0 Å². The summed E-state index contributed by atoms with van der Waals surface area (Å²) in [5, 5.41) is 13.6. The van der Waals surface area contributed by atoms with Crippen LogP contribution in [0.2, 0.25) is 0 Å². The highest BCUT2D eigenvalue weighted by Crippen LogP contribution is 2.04. The molecule has 2 aromatic heterocycles. The Morgan fingerprint density at radius 3 is 2.95 bits per heavy atom. The van der Waals surface area contributed by atoms with E-state index in [2.05, 4.69) is 25.8 Å². The molecule has 0 radical (unpaired) electrons. The van der Waals surface area contributed by atoms with E-state index in [1.807, 2.05) is 24.5 Å². The third-order valence-electron chi connectivity index (χ3n) is 2.78. The van der Waals surface area contributed by atoms with Crippen molar-refractivity contribution in [3.63, 3.8) is 0 Å². The summed E-state index contributed by atoms with van der Waals surface area (Å²) >= 11 is 0. The number of nitrogens with one attached hydrogen (secondary N) is 2. The molecule has 0 atom stereocenters. The number of rotatable bonds is 6. The molecule has 1 amide bonds. The number of hydrogen-bond donors (Lipinski definition) is 2. The Hall–Kier alpha value is -2.44. The molecule has 2 rings (SSSR count).